The van der Waals surface area contributed by atoms with Gasteiger partial charge < -0.3 is 5.11 Å². The van der Waals surface area contributed by atoms with Crippen LogP contribution in [0.4, 0.5) is 0 Å². The second kappa shape index (κ2) is 5.58. The SMILES string of the molecule is CCCCC(O)(CC(=O)Cl)C(=O)Cl. The van der Waals surface area contributed by atoms with Crippen molar-refractivity contribution in [3.8, 4) is 0 Å². The van der Waals surface area contributed by atoms with Crippen molar-refractivity contribution < 1.29 is 14.7 Å². The number of aliphatic hydroxyl groups is 1. The van der Waals surface area contributed by atoms with Crippen LogP contribution in [-0.4, -0.2) is 21.2 Å². The van der Waals surface area contributed by atoms with E-state index in [1.54, 1.807) is 0 Å². The van der Waals surface area contributed by atoms with Gasteiger partial charge in [-0.05, 0) is 29.6 Å². The Hall–Kier alpha value is -0.120. The van der Waals surface area contributed by atoms with Gasteiger partial charge in [0.1, 0.15) is 5.60 Å². The molecule has 1 N–H and O–H groups in total. The molecule has 0 rings (SSSR count). The highest BCUT2D eigenvalue weighted by molar-refractivity contribution is 6.67. The van der Waals surface area contributed by atoms with Crippen LogP contribution in [0.25, 0.3) is 0 Å². The lowest BCUT2D eigenvalue weighted by atomic mass is 9.95. The molecule has 0 saturated heterocycles. The minimum absolute atomic E-state index is 0.171. The van der Waals surface area contributed by atoms with Gasteiger partial charge in [-0.3, -0.25) is 9.59 Å². The van der Waals surface area contributed by atoms with E-state index in [1.807, 2.05) is 6.92 Å². The maximum Gasteiger partial charge on any atom is 0.253 e. The van der Waals surface area contributed by atoms with Gasteiger partial charge in [0.05, 0.1) is 6.42 Å². The van der Waals surface area contributed by atoms with Gasteiger partial charge in [-0.1, -0.05) is 19.8 Å². The predicted molar refractivity (Wildman–Crippen MR) is 50.8 cm³/mol. The van der Waals surface area contributed by atoms with Crippen molar-refractivity contribution in [3.05, 3.63) is 0 Å². The van der Waals surface area contributed by atoms with Gasteiger partial charge in [0.2, 0.25) is 5.24 Å². The first-order valence-electron chi connectivity index (χ1n) is 4.03. The predicted octanol–water partition coefficient (Wildman–Crippen LogP) is 1.83. The Bertz CT molecular complexity index is 206. The molecule has 0 amide bonds. The van der Waals surface area contributed by atoms with E-state index < -0.39 is 22.5 Å². The summed E-state index contributed by atoms with van der Waals surface area (Å²) in [6.07, 6.45) is 1.18. The molecule has 0 aliphatic heterocycles. The fraction of sp³-hybridized carbons (Fsp3) is 0.750. The van der Waals surface area contributed by atoms with E-state index >= 15 is 0 Å². The smallest absolute Gasteiger partial charge is 0.253 e. The van der Waals surface area contributed by atoms with E-state index in [9.17, 15) is 14.7 Å². The third-order valence-corrected chi connectivity index (χ3v) is 2.23. The first-order chi connectivity index (χ1) is 5.92. The molecule has 0 bridgehead atoms. The molecule has 0 fully saturated rings. The average molecular weight is 227 g/mol. The molecule has 0 heterocycles. The molecule has 0 radical (unpaired) electrons. The van der Waals surface area contributed by atoms with Crippen LogP contribution >= 0.6 is 23.2 Å². The number of carbonyl (C=O) groups is 2. The summed E-state index contributed by atoms with van der Waals surface area (Å²) in [7, 11) is 0. The molecule has 3 nitrogen and oxygen atoms in total. The molecular formula is C8H12Cl2O3. The number of halogens is 2. The quantitative estimate of drug-likeness (QED) is 0.704. The van der Waals surface area contributed by atoms with Crippen LogP contribution in [0.5, 0.6) is 0 Å². The lowest BCUT2D eigenvalue weighted by molar-refractivity contribution is -0.134. The Balaban J connectivity index is 4.34. The first kappa shape index (κ1) is 12.9. The highest BCUT2D eigenvalue weighted by atomic mass is 35.5. The molecule has 0 aromatic rings. The maximum absolute atomic E-state index is 10.8. The van der Waals surface area contributed by atoms with E-state index in [1.165, 1.54) is 0 Å². The van der Waals surface area contributed by atoms with Gasteiger partial charge in [-0.25, -0.2) is 0 Å². The minimum atomic E-state index is -1.78. The van der Waals surface area contributed by atoms with Crippen LogP contribution in [0.2, 0.25) is 0 Å². The van der Waals surface area contributed by atoms with Crippen molar-refractivity contribution >= 4 is 33.7 Å². The molecule has 13 heavy (non-hydrogen) atoms. The molecule has 0 saturated carbocycles. The average Bonchev–Trinajstić information content (AvgIpc) is 1.99. The zero-order valence-electron chi connectivity index (χ0n) is 7.35. The highest BCUT2D eigenvalue weighted by Crippen LogP contribution is 2.22. The van der Waals surface area contributed by atoms with Crippen molar-refractivity contribution in [1.29, 1.82) is 0 Å². The molecule has 1 atom stereocenters. The summed E-state index contributed by atoms with van der Waals surface area (Å²) < 4.78 is 0. The van der Waals surface area contributed by atoms with Crippen LogP contribution in [0.1, 0.15) is 32.6 Å². The van der Waals surface area contributed by atoms with Crippen molar-refractivity contribution in [1.82, 2.24) is 0 Å². The van der Waals surface area contributed by atoms with Crippen molar-refractivity contribution in [2.75, 3.05) is 0 Å². The summed E-state index contributed by atoms with van der Waals surface area (Å²) in [6.45, 7) is 1.90. The van der Waals surface area contributed by atoms with Crippen LogP contribution in [0, 0.1) is 0 Å². The van der Waals surface area contributed by atoms with E-state index in [2.05, 4.69) is 0 Å². The van der Waals surface area contributed by atoms with Crippen LogP contribution < -0.4 is 0 Å². The van der Waals surface area contributed by atoms with E-state index in [-0.39, 0.29) is 6.42 Å². The third kappa shape index (κ3) is 4.60. The molecule has 0 aromatic heterocycles. The number of hydrogen-bond donors (Lipinski definition) is 1. The number of hydrogen-bond acceptors (Lipinski definition) is 3. The van der Waals surface area contributed by atoms with Gasteiger partial charge in [-0.15, -0.1) is 0 Å². The van der Waals surface area contributed by atoms with E-state index in [4.69, 9.17) is 23.2 Å². The van der Waals surface area contributed by atoms with Gasteiger partial charge in [0.15, 0.2) is 0 Å². The summed E-state index contributed by atoms with van der Waals surface area (Å²) >= 11 is 10.2. The van der Waals surface area contributed by atoms with Crippen LogP contribution in [-0.2, 0) is 9.59 Å². The van der Waals surface area contributed by atoms with Gasteiger partial charge in [0.25, 0.3) is 5.24 Å². The Morgan fingerprint density at radius 1 is 1.38 bits per heavy atom. The van der Waals surface area contributed by atoms with Crippen LogP contribution in [0.15, 0.2) is 0 Å². The summed E-state index contributed by atoms with van der Waals surface area (Å²) in [5.74, 6) is 0. The van der Waals surface area contributed by atoms with Crippen molar-refractivity contribution in [3.63, 3.8) is 0 Å². The number of rotatable bonds is 6. The van der Waals surface area contributed by atoms with Gasteiger partial charge in [-0.2, -0.15) is 0 Å². The normalized spacial score (nSPS) is 15.1. The van der Waals surface area contributed by atoms with Crippen molar-refractivity contribution in [2.45, 2.75) is 38.2 Å². The minimum Gasteiger partial charge on any atom is -0.380 e. The standard InChI is InChI=1S/C8H12Cl2O3/c1-2-3-4-8(13,7(10)12)5-6(9)11/h13H,2-5H2,1H3. The third-order valence-electron chi connectivity index (χ3n) is 1.74. The monoisotopic (exact) mass is 226 g/mol. The molecule has 5 heteroatoms. The highest BCUT2D eigenvalue weighted by Gasteiger charge is 2.35. The van der Waals surface area contributed by atoms with Gasteiger partial charge >= 0.3 is 0 Å². The second-order valence-corrected chi connectivity index (χ2v) is 3.71. The zero-order valence-corrected chi connectivity index (χ0v) is 8.86. The second-order valence-electron chi connectivity index (χ2n) is 2.94. The molecule has 0 spiro atoms. The Morgan fingerprint density at radius 3 is 2.23 bits per heavy atom. The van der Waals surface area contributed by atoms with E-state index in [0.29, 0.717) is 6.42 Å². The molecular weight excluding hydrogens is 215 g/mol. The molecule has 76 valence electrons. The summed E-state index contributed by atoms with van der Waals surface area (Å²) in [4.78, 5) is 21.3. The lowest BCUT2D eigenvalue weighted by Crippen LogP contribution is -2.37. The Kier molecular flexibility index (Phi) is 5.53. The fourth-order valence-corrected chi connectivity index (χ4v) is 1.34. The van der Waals surface area contributed by atoms with Gasteiger partial charge in [0, 0.05) is 0 Å². The maximum atomic E-state index is 10.8. The fourth-order valence-electron chi connectivity index (χ4n) is 0.955. The Morgan fingerprint density at radius 2 is 1.92 bits per heavy atom. The lowest BCUT2D eigenvalue weighted by Gasteiger charge is -2.21. The molecule has 0 aliphatic rings. The molecule has 1 unspecified atom stereocenters. The summed E-state index contributed by atoms with van der Waals surface area (Å²) in [5.41, 5.74) is -1.78. The molecule has 0 aromatic carbocycles. The molecule has 0 aliphatic carbocycles. The first-order valence-corrected chi connectivity index (χ1v) is 4.78. The topological polar surface area (TPSA) is 54.4 Å². The Labute approximate surface area is 87.0 Å². The largest absolute Gasteiger partial charge is 0.380 e. The number of unbranched alkanes of at least 4 members (excludes halogenated alkanes) is 1. The number of carbonyl (C=O) groups excluding carboxylic acids is 2. The van der Waals surface area contributed by atoms with Crippen molar-refractivity contribution in [2.24, 2.45) is 0 Å². The van der Waals surface area contributed by atoms with E-state index in [0.717, 1.165) is 6.42 Å². The van der Waals surface area contributed by atoms with Crippen LogP contribution in [0.3, 0.4) is 0 Å². The summed E-state index contributed by atoms with van der Waals surface area (Å²) in [5, 5.41) is 7.93. The zero-order chi connectivity index (χ0) is 10.5. The summed E-state index contributed by atoms with van der Waals surface area (Å²) in [6, 6.07) is 0.